The number of amides is 1. The molecule has 0 saturated carbocycles. The topological polar surface area (TPSA) is 57.8 Å². The van der Waals surface area contributed by atoms with Crippen LogP contribution >= 0.6 is 31.9 Å². The first kappa shape index (κ1) is 18.7. The molecule has 2 aromatic rings. The molecule has 2 rings (SSSR count). The Morgan fingerprint density at radius 1 is 1.00 bits per heavy atom. The summed E-state index contributed by atoms with van der Waals surface area (Å²) in [6.45, 7) is 0. The lowest BCUT2D eigenvalue weighted by atomic mass is 10.1. The highest BCUT2D eigenvalue weighted by Crippen LogP contribution is 2.38. The lowest BCUT2D eigenvalue weighted by molar-refractivity contribution is -0.143. The molecule has 0 aliphatic carbocycles. The fraction of sp³-hybridized carbons (Fsp3) is 0.0909. The van der Waals surface area contributed by atoms with E-state index in [-0.39, 0.29) is 9.08 Å². The lowest BCUT2D eigenvalue weighted by Crippen LogP contribution is -2.20. The number of nitrogens with one attached hydrogen (secondary N) is 2. The van der Waals surface area contributed by atoms with Crippen LogP contribution in [0.15, 0.2) is 9.08 Å². The first-order valence-corrected chi connectivity index (χ1v) is 7.19. The molecule has 1 amide bonds. The Morgan fingerprint density at radius 3 is 1.88 bits per heavy atom. The predicted octanol–water partition coefficient (Wildman–Crippen LogP) is 4.76. The fourth-order valence-electron chi connectivity index (χ4n) is 1.62. The number of hydrogen-bond donors (Lipinski definition) is 2. The van der Waals surface area contributed by atoms with Crippen LogP contribution in [0.2, 0.25) is 0 Å². The van der Waals surface area contributed by atoms with Crippen LogP contribution in [0.25, 0.3) is 0 Å². The zero-order valence-corrected chi connectivity index (χ0v) is 13.9. The van der Waals surface area contributed by atoms with Crippen molar-refractivity contribution >= 4 is 43.5 Å². The molecule has 1 aromatic heterocycles. The van der Waals surface area contributed by atoms with Crippen molar-refractivity contribution in [3.63, 3.8) is 0 Å². The molecule has 13 heteroatoms. The van der Waals surface area contributed by atoms with E-state index in [9.17, 15) is 35.5 Å². The average Bonchev–Trinajstić information content (AvgIpc) is 2.80. The summed E-state index contributed by atoms with van der Waals surface area (Å²) in [6, 6.07) is 0. The van der Waals surface area contributed by atoms with Crippen molar-refractivity contribution in [2.75, 3.05) is 5.32 Å². The van der Waals surface area contributed by atoms with Crippen molar-refractivity contribution < 1.29 is 35.5 Å². The van der Waals surface area contributed by atoms with E-state index in [4.69, 9.17) is 0 Å². The van der Waals surface area contributed by atoms with Gasteiger partial charge in [-0.1, -0.05) is 0 Å². The van der Waals surface area contributed by atoms with E-state index in [0.717, 1.165) is 0 Å². The van der Waals surface area contributed by atoms with Crippen LogP contribution in [-0.2, 0) is 6.18 Å². The zero-order chi connectivity index (χ0) is 18.4. The van der Waals surface area contributed by atoms with Gasteiger partial charge < -0.3 is 5.32 Å². The van der Waals surface area contributed by atoms with Gasteiger partial charge in [0.15, 0.2) is 29.0 Å². The van der Waals surface area contributed by atoms with Crippen LogP contribution in [0.3, 0.4) is 0 Å². The number of anilines is 1. The predicted molar refractivity (Wildman–Crippen MR) is 73.2 cm³/mol. The summed E-state index contributed by atoms with van der Waals surface area (Å²) in [6.07, 6.45) is -5.67. The Bertz CT molecular complexity index is 805. The summed E-state index contributed by atoms with van der Waals surface area (Å²) >= 11 is 5.80. The molecule has 130 valence electrons. The highest BCUT2D eigenvalue weighted by atomic mass is 79.9. The number of alkyl halides is 3. The summed E-state index contributed by atoms with van der Waals surface area (Å²) in [4.78, 5) is 11.8. The van der Waals surface area contributed by atoms with Crippen LogP contribution < -0.4 is 5.32 Å². The second-order valence-electron chi connectivity index (χ2n) is 4.16. The lowest BCUT2D eigenvalue weighted by Gasteiger charge is -2.14. The molecular weight excluding hydrogens is 483 g/mol. The number of aromatic nitrogens is 2. The Hall–Kier alpha value is -1.63. The van der Waals surface area contributed by atoms with Crippen LogP contribution in [-0.4, -0.2) is 16.1 Å². The van der Waals surface area contributed by atoms with Crippen LogP contribution in [0, 0.1) is 23.3 Å². The van der Waals surface area contributed by atoms with Crippen molar-refractivity contribution in [1.82, 2.24) is 10.2 Å². The molecule has 2 N–H and O–H groups in total. The molecule has 0 aliphatic heterocycles. The molecule has 0 radical (unpaired) electrons. The molecule has 0 unspecified atom stereocenters. The van der Waals surface area contributed by atoms with Crippen molar-refractivity contribution in [3.8, 4) is 0 Å². The van der Waals surface area contributed by atoms with Gasteiger partial charge in [0.1, 0.15) is 15.9 Å². The van der Waals surface area contributed by atoms with E-state index in [1.807, 2.05) is 0 Å². The number of rotatable bonds is 2. The molecule has 1 aromatic carbocycles. The number of carbonyl (C=O) groups excluding carboxylic acids is 1. The smallest absolute Gasteiger partial charge is 0.315 e. The van der Waals surface area contributed by atoms with E-state index < -0.39 is 52.3 Å². The van der Waals surface area contributed by atoms with Gasteiger partial charge in [0.2, 0.25) is 0 Å². The van der Waals surface area contributed by atoms with Crippen molar-refractivity contribution in [2.45, 2.75) is 6.18 Å². The average molecular weight is 485 g/mol. The van der Waals surface area contributed by atoms with Gasteiger partial charge in [0, 0.05) is 0 Å². The van der Waals surface area contributed by atoms with Gasteiger partial charge in [-0.05, 0) is 31.9 Å². The Labute approximate surface area is 144 Å². The third-order valence-corrected chi connectivity index (χ3v) is 4.54. The molecule has 1 heterocycles. The van der Waals surface area contributed by atoms with Crippen LogP contribution in [0.5, 0.6) is 0 Å². The number of carbonyl (C=O) groups is 1. The van der Waals surface area contributed by atoms with Crippen molar-refractivity contribution in [2.24, 2.45) is 0 Å². The third-order valence-electron chi connectivity index (χ3n) is 2.67. The Morgan fingerprint density at radius 2 is 1.50 bits per heavy atom. The summed E-state index contributed by atoms with van der Waals surface area (Å²) in [5.74, 6) is -11.5. The maximum atomic E-state index is 13.7. The molecule has 24 heavy (non-hydrogen) atoms. The van der Waals surface area contributed by atoms with Gasteiger partial charge in [-0.2, -0.15) is 18.3 Å². The minimum absolute atomic E-state index is 0.00803. The number of nitrogens with zero attached hydrogens (tertiary/aromatic N) is 1. The summed E-state index contributed by atoms with van der Waals surface area (Å²) < 4.78 is 91.8. The first-order valence-electron chi connectivity index (χ1n) is 5.60. The maximum Gasteiger partial charge on any atom is 0.422 e. The van der Waals surface area contributed by atoms with E-state index in [2.05, 4.69) is 42.1 Å². The number of aromatic amines is 1. The molecule has 4 nitrogen and oxygen atoms in total. The first-order chi connectivity index (χ1) is 11.0. The van der Waals surface area contributed by atoms with Crippen LogP contribution in [0.1, 0.15) is 16.1 Å². The zero-order valence-electron chi connectivity index (χ0n) is 10.8. The minimum atomic E-state index is -5.67. The molecule has 0 bridgehead atoms. The fourth-order valence-corrected chi connectivity index (χ4v) is 2.25. The molecule has 0 atom stereocenters. The molecule has 0 fully saturated rings. The SMILES string of the molecule is O=C(Nc1c(F)c(F)c(C(F)(F)F)c(F)c1F)c1n[nH]c(Br)c1Br. The maximum absolute atomic E-state index is 13.7. The van der Waals surface area contributed by atoms with Gasteiger partial charge in [0.05, 0.1) is 4.47 Å². The van der Waals surface area contributed by atoms with Gasteiger partial charge >= 0.3 is 6.18 Å². The van der Waals surface area contributed by atoms with Gasteiger partial charge in [-0.3, -0.25) is 9.89 Å². The second kappa shape index (κ2) is 6.35. The highest BCUT2D eigenvalue weighted by Gasteiger charge is 2.42. The Balaban J connectivity index is 2.53. The number of benzene rings is 1. The molecular formula is C11H2Br2F7N3O. The standard InChI is InChI=1S/C11H2Br2F7N3O/c12-2-7(22-23-9(2)13)10(24)21-8-5(16)3(14)1(11(18,19)20)4(15)6(8)17/h(H,21,24)(H,22,23). The second-order valence-corrected chi connectivity index (χ2v) is 5.74. The monoisotopic (exact) mass is 483 g/mol. The Kier molecular flexibility index (Phi) is 4.95. The molecule has 0 aliphatic rings. The van der Waals surface area contributed by atoms with Crippen molar-refractivity contribution in [1.29, 1.82) is 0 Å². The van der Waals surface area contributed by atoms with E-state index in [1.165, 1.54) is 5.32 Å². The third kappa shape index (κ3) is 3.14. The number of hydrogen-bond acceptors (Lipinski definition) is 2. The van der Waals surface area contributed by atoms with Crippen molar-refractivity contribution in [3.05, 3.63) is 43.6 Å². The van der Waals surface area contributed by atoms with E-state index in [0.29, 0.717) is 0 Å². The summed E-state index contributed by atoms with van der Waals surface area (Å²) in [5, 5.41) is 7.13. The summed E-state index contributed by atoms with van der Waals surface area (Å²) in [5.41, 5.74) is -4.92. The largest absolute Gasteiger partial charge is 0.422 e. The number of H-pyrrole nitrogens is 1. The highest BCUT2D eigenvalue weighted by molar-refractivity contribution is 9.13. The van der Waals surface area contributed by atoms with Crippen LogP contribution in [0.4, 0.5) is 36.4 Å². The van der Waals surface area contributed by atoms with Gasteiger partial charge in [-0.15, -0.1) is 0 Å². The van der Waals surface area contributed by atoms with E-state index in [1.54, 1.807) is 0 Å². The summed E-state index contributed by atoms with van der Waals surface area (Å²) in [7, 11) is 0. The molecule has 0 saturated heterocycles. The molecule has 0 spiro atoms. The van der Waals surface area contributed by atoms with Gasteiger partial charge in [-0.25, -0.2) is 17.6 Å². The normalized spacial score (nSPS) is 11.7. The quantitative estimate of drug-likeness (QED) is 0.477. The van der Waals surface area contributed by atoms with E-state index >= 15 is 0 Å². The minimum Gasteiger partial charge on any atom is -0.315 e. The van der Waals surface area contributed by atoms with Gasteiger partial charge in [0.25, 0.3) is 5.91 Å². The number of halogens is 9.